The molecule has 0 unspecified atom stereocenters. The van der Waals surface area contributed by atoms with Gasteiger partial charge >= 0.3 is 12.1 Å². The molecular weight excluding hydrogens is 376 g/mol. The maximum absolute atomic E-state index is 12.7. The lowest BCUT2D eigenvalue weighted by Crippen LogP contribution is -2.56. The molecular formula is C21H30N2O6. The van der Waals surface area contributed by atoms with Crippen molar-refractivity contribution in [2.75, 3.05) is 26.2 Å². The van der Waals surface area contributed by atoms with E-state index in [0.717, 1.165) is 0 Å². The zero-order chi connectivity index (χ0) is 21.8. The van der Waals surface area contributed by atoms with Crippen LogP contribution in [0.4, 0.5) is 4.79 Å². The standard InChI is InChI=1S/C21H30N2O6/c1-6-28-17-11-15(7-8-16(17)19(25)26)12-18(24)22-9-10-23(14(2)13-22)20(27)29-21(3,4)5/h7-8,11,14H,6,9-10,12-13H2,1-5H3,(H,25,26)/t14-/m0/s1. The van der Waals surface area contributed by atoms with Gasteiger partial charge in [0, 0.05) is 25.7 Å². The normalized spacial score (nSPS) is 17.1. The van der Waals surface area contributed by atoms with Gasteiger partial charge < -0.3 is 24.4 Å². The number of piperazine rings is 1. The van der Waals surface area contributed by atoms with E-state index < -0.39 is 11.6 Å². The summed E-state index contributed by atoms with van der Waals surface area (Å²) in [4.78, 5) is 39.7. The summed E-state index contributed by atoms with van der Waals surface area (Å²) in [5, 5.41) is 9.24. The van der Waals surface area contributed by atoms with Crippen LogP contribution in [0.2, 0.25) is 0 Å². The summed E-state index contributed by atoms with van der Waals surface area (Å²) in [6.45, 7) is 10.7. The average molecular weight is 406 g/mol. The number of ether oxygens (including phenoxy) is 2. The molecule has 1 aromatic carbocycles. The van der Waals surface area contributed by atoms with Crippen molar-refractivity contribution in [2.45, 2.75) is 52.7 Å². The first-order valence-corrected chi connectivity index (χ1v) is 9.78. The maximum atomic E-state index is 12.7. The molecule has 0 saturated carbocycles. The van der Waals surface area contributed by atoms with E-state index in [1.807, 2.05) is 27.7 Å². The summed E-state index contributed by atoms with van der Waals surface area (Å²) in [5.74, 6) is -0.891. The fraction of sp³-hybridized carbons (Fsp3) is 0.571. The predicted octanol–water partition coefficient (Wildman–Crippen LogP) is 2.79. The van der Waals surface area contributed by atoms with Gasteiger partial charge in [0.2, 0.25) is 5.91 Å². The number of carbonyl (C=O) groups is 3. The highest BCUT2D eigenvalue weighted by atomic mass is 16.6. The Morgan fingerprint density at radius 1 is 1.21 bits per heavy atom. The molecule has 160 valence electrons. The topological polar surface area (TPSA) is 96.4 Å². The van der Waals surface area contributed by atoms with Crippen LogP contribution in [-0.2, 0) is 16.0 Å². The van der Waals surface area contributed by atoms with Crippen molar-refractivity contribution in [3.8, 4) is 5.75 Å². The first kappa shape index (κ1) is 22.5. The van der Waals surface area contributed by atoms with Crippen LogP contribution in [0.25, 0.3) is 0 Å². The van der Waals surface area contributed by atoms with Crippen molar-refractivity contribution in [3.63, 3.8) is 0 Å². The summed E-state index contributed by atoms with van der Waals surface area (Å²) < 4.78 is 10.8. The van der Waals surface area contributed by atoms with Crippen LogP contribution in [0, 0.1) is 0 Å². The summed E-state index contributed by atoms with van der Waals surface area (Å²) in [5.41, 5.74) is 0.192. The summed E-state index contributed by atoms with van der Waals surface area (Å²) in [7, 11) is 0. The summed E-state index contributed by atoms with van der Waals surface area (Å²) in [6.07, 6.45) is -0.234. The maximum Gasteiger partial charge on any atom is 0.410 e. The smallest absolute Gasteiger partial charge is 0.410 e. The molecule has 1 heterocycles. The molecule has 0 spiro atoms. The van der Waals surface area contributed by atoms with Crippen molar-refractivity contribution < 1.29 is 29.0 Å². The van der Waals surface area contributed by atoms with E-state index in [4.69, 9.17) is 9.47 Å². The highest BCUT2D eigenvalue weighted by Gasteiger charge is 2.32. The van der Waals surface area contributed by atoms with Crippen LogP contribution in [-0.4, -0.2) is 70.8 Å². The number of benzene rings is 1. The molecule has 1 aromatic rings. The Labute approximate surface area is 171 Å². The van der Waals surface area contributed by atoms with Crippen LogP contribution in [0.15, 0.2) is 18.2 Å². The highest BCUT2D eigenvalue weighted by molar-refractivity contribution is 5.91. The van der Waals surface area contributed by atoms with E-state index >= 15 is 0 Å². The number of aromatic carboxylic acids is 1. The molecule has 0 aromatic heterocycles. The first-order chi connectivity index (χ1) is 13.5. The highest BCUT2D eigenvalue weighted by Crippen LogP contribution is 2.22. The Bertz CT molecular complexity index is 771. The Morgan fingerprint density at radius 3 is 2.45 bits per heavy atom. The Hall–Kier alpha value is -2.77. The third kappa shape index (κ3) is 6.10. The third-order valence-corrected chi connectivity index (χ3v) is 4.54. The van der Waals surface area contributed by atoms with Crippen LogP contribution < -0.4 is 4.74 Å². The molecule has 1 aliphatic rings. The SMILES string of the molecule is CCOc1cc(CC(=O)N2CCN(C(=O)OC(C)(C)C)[C@@H](C)C2)ccc1C(=O)O. The number of carbonyl (C=O) groups excluding carboxylic acids is 2. The van der Waals surface area contributed by atoms with Gasteiger partial charge in [0.1, 0.15) is 16.9 Å². The van der Waals surface area contributed by atoms with E-state index in [1.54, 1.807) is 28.9 Å². The van der Waals surface area contributed by atoms with Crippen LogP contribution in [0.5, 0.6) is 5.75 Å². The Morgan fingerprint density at radius 2 is 1.90 bits per heavy atom. The molecule has 1 N–H and O–H groups in total. The van der Waals surface area contributed by atoms with Crippen LogP contribution in [0.1, 0.15) is 50.5 Å². The van der Waals surface area contributed by atoms with Crippen molar-refractivity contribution >= 4 is 18.0 Å². The van der Waals surface area contributed by atoms with Crippen LogP contribution >= 0.6 is 0 Å². The molecule has 8 heteroatoms. The quantitative estimate of drug-likeness (QED) is 0.808. The molecule has 0 radical (unpaired) electrons. The minimum atomic E-state index is -1.07. The third-order valence-electron chi connectivity index (χ3n) is 4.54. The number of carboxylic acids is 1. The number of rotatable bonds is 5. The fourth-order valence-electron chi connectivity index (χ4n) is 3.19. The second-order valence-corrected chi connectivity index (χ2v) is 8.11. The molecule has 8 nitrogen and oxygen atoms in total. The molecule has 0 bridgehead atoms. The van der Waals surface area contributed by atoms with Gasteiger partial charge in [0.05, 0.1) is 13.0 Å². The van der Waals surface area contributed by atoms with E-state index in [1.165, 1.54) is 6.07 Å². The van der Waals surface area contributed by atoms with Crippen LogP contribution in [0.3, 0.4) is 0 Å². The number of amides is 2. The second-order valence-electron chi connectivity index (χ2n) is 8.11. The molecule has 29 heavy (non-hydrogen) atoms. The monoisotopic (exact) mass is 406 g/mol. The van der Waals surface area contributed by atoms with E-state index in [9.17, 15) is 19.5 Å². The lowest BCUT2D eigenvalue weighted by Gasteiger charge is -2.40. The van der Waals surface area contributed by atoms with E-state index in [-0.39, 0.29) is 35.8 Å². The zero-order valence-electron chi connectivity index (χ0n) is 17.7. The first-order valence-electron chi connectivity index (χ1n) is 9.78. The number of hydrogen-bond donors (Lipinski definition) is 1. The molecule has 2 rings (SSSR count). The summed E-state index contributed by atoms with van der Waals surface area (Å²) >= 11 is 0. The number of hydrogen-bond acceptors (Lipinski definition) is 5. The largest absolute Gasteiger partial charge is 0.493 e. The fourth-order valence-corrected chi connectivity index (χ4v) is 3.19. The van der Waals surface area contributed by atoms with Crippen molar-refractivity contribution in [3.05, 3.63) is 29.3 Å². The van der Waals surface area contributed by atoms with Crippen molar-refractivity contribution in [2.24, 2.45) is 0 Å². The van der Waals surface area contributed by atoms with Gasteiger partial charge in [-0.05, 0) is 52.3 Å². The van der Waals surface area contributed by atoms with Crippen molar-refractivity contribution in [1.82, 2.24) is 9.80 Å². The molecule has 0 aliphatic carbocycles. The molecule has 2 amide bonds. The molecule has 1 aliphatic heterocycles. The van der Waals surface area contributed by atoms with Gasteiger partial charge in [0.15, 0.2) is 0 Å². The van der Waals surface area contributed by atoms with E-state index in [2.05, 4.69) is 0 Å². The second kappa shape index (κ2) is 9.15. The Kier molecular flexibility index (Phi) is 7.11. The number of nitrogens with zero attached hydrogens (tertiary/aromatic N) is 2. The predicted molar refractivity (Wildman–Crippen MR) is 107 cm³/mol. The van der Waals surface area contributed by atoms with Gasteiger partial charge in [-0.15, -0.1) is 0 Å². The molecule has 1 fully saturated rings. The van der Waals surface area contributed by atoms with Gasteiger partial charge in [-0.1, -0.05) is 6.07 Å². The average Bonchev–Trinajstić information content (AvgIpc) is 2.60. The van der Waals surface area contributed by atoms with E-state index in [0.29, 0.717) is 31.8 Å². The molecule has 1 atom stereocenters. The van der Waals surface area contributed by atoms with Gasteiger partial charge in [-0.3, -0.25) is 4.79 Å². The van der Waals surface area contributed by atoms with Crippen molar-refractivity contribution in [1.29, 1.82) is 0 Å². The summed E-state index contributed by atoms with van der Waals surface area (Å²) in [6, 6.07) is 4.53. The minimum absolute atomic E-state index is 0.0719. The number of carboxylic acid groups (broad SMARTS) is 1. The van der Waals surface area contributed by atoms with Gasteiger partial charge in [0.25, 0.3) is 0 Å². The lowest BCUT2D eigenvalue weighted by molar-refractivity contribution is -0.133. The minimum Gasteiger partial charge on any atom is -0.493 e. The molecule has 1 saturated heterocycles. The Balaban J connectivity index is 2.01. The van der Waals surface area contributed by atoms with Gasteiger partial charge in [-0.25, -0.2) is 9.59 Å². The lowest BCUT2D eigenvalue weighted by atomic mass is 10.1. The zero-order valence-corrected chi connectivity index (χ0v) is 17.7. The van der Waals surface area contributed by atoms with Gasteiger partial charge in [-0.2, -0.15) is 0 Å².